The van der Waals surface area contributed by atoms with E-state index in [-0.39, 0.29) is 6.03 Å². The van der Waals surface area contributed by atoms with Crippen LogP contribution in [-0.2, 0) is 6.42 Å². The van der Waals surface area contributed by atoms with Gasteiger partial charge in [-0.05, 0) is 43.5 Å². The zero-order valence-electron chi connectivity index (χ0n) is 12.3. The number of carbonyl (C=O) groups is 1. The summed E-state index contributed by atoms with van der Waals surface area (Å²) in [4.78, 5) is 14.0. The number of nitrogens with zero attached hydrogens (tertiary/aromatic N) is 1. The Morgan fingerprint density at radius 1 is 1.25 bits per heavy atom. The van der Waals surface area contributed by atoms with Crippen LogP contribution in [-0.4, -0.2) is 37.1 Å². The zero-order valence-corrected chi connectivity index (χ0v) is 12.3. The molecule has 2 N–H and O–H groups in total. The highest BCUT2D eigenvalue weighted by Crippen LogP contribution is 2.12. The van der Waals surface area contributed by atoms with Crippen molar-refractivity contribution in [2.75, 3.05) is 31.5 Å². The maximum absolute atomic E-state index is 12.2. The Hall–Kier alpha value is -1.55. The van der Waals surface area contributed by atoms with Crippen LogP contribution in [0.3, 0.4) is 0 Å². The molecule has 4 nitrogen and oxygen atoms in total. The average Bonchev–Trinajstić information content (AvgIpc) is 2.75. The molecule has 1 aliphatic rings. The third-order valence-electron chi connectivity index (χ3n) is 3.65. The highest BCUT2D eigenvalue weighted by atomic mass is 16.2. The largest absolute Gasteiger partial charge is 0.323 e. The smallest absolute Gasteiger partial charge is 0.321 e. The van der Waals surface area contributed by atoms with Crippen molar-refractivity contribution < 1.29 is 4.79 Å². The lowest BCUT2D eigenvalue weighted by molar-refractivity contribution is 0.215. The van der Waals surface area contributed by atoms with E-state index in [2.05, 4.69) is 29.7 Å². The molecular weight excluding hydrogens is 250 g/mol. The molecule has 1 heterocycles. The van der Waals surface area contributed by atoms with E-state index in [1.807, 2.05) is 17.0 Å². The number of benzene rings is 1. The van der Waals surface area contributed by atoms with Gasteiger partial charge in [0, 0.05) is 25.3 Å². The summed E-state index contributed by atoms with van der Waals surface area (Å²) in [5.74, 6) is 0. The van der Waals surface area contributed by atoms with Crippen molar-refractivity contribution in [2.24, 2.45) is 0 Å². The summed E-state index contributed by atoms with van der Waals surface area (Å²) in [5, 5.41) is 6.28. The van der Waals surface area contributed by atoms with Gasteiger partial charge in [0.2, 0.25) is 0 Å². The Morgan fingerprint density at radius 3 is 2.80 bits per heavy atom. The molecule has 0 aliphatic carbocycles. The highest BCUT2D eigenvalue weighted by Gasteiger charge is 2.14. The Kier molecular flexibility index (Phi) is 5.87. The molecule has 1 aliphatic heterocycles. The minimum absolute atomic E-state index is 0.00927. The molecular formula is C16H25N3O. The van der Waals surface area contributed by atoms with Gasteiger partial charge in [-0.3, -0.25) is 0 Å². The van der Waals surface area contributed by atoms with Gasteiger partial charge in [0.1, 0.15) is 0 Å². The van der Waals surface area contributed by atoms with Crippen LogP contribution in [0.5, 0.6) is 0 Å². The molecule has 20 heavy (non-hydrogen) atoms. The first-order valence-corrected chi connectivity index (χ1v) is 7.65. The molecule has 1 aromatic carbocycles. The minimum atomic E-state index is 0.00927. The fraction of sp³-hybridized carbons (Fsp3) is 0.562. The van der Waals surface area contributed by atoms with E-state index in [1.54, 1.807) is 0 Å². The number of hydrogen-bond donors (Lipinski definition) is 2. The van der Waals surface area contributed by atoms with Crippen molar-refractivity contribution in [1.29, 1.82) is 0 Å². The van der Waals surface area contributed by atoms with Gasteiger partial charge >= 0.3 is 6.03 Å². The van der Waals surface area contributed by atoms with E-state index < -0.39 is 0 Å². The highest BCUT2D eigenvalue weighted by molar-refractivity contribution is 5.89. The summed E-state index contributed by atoms with van der Waals surface area (Å²) < 4.78 is 0. The fourth-order valence-corrected chi connectivity index (χ4v) is 2.39. The first kappa shape index (κ1) is 14.9. The lowest BCUT2D eigenvalue weighted by Crippen LogP contribution is -2.37. The summed E-state index contributed by atoms with van der Waals surface area (Å²) in [6.45, 7) is 5.68. The second-order valence-electron chi connectivity index (χ2n) is 5.32. The average molecular weight is 275 g/mol. The van der Waals surface area contributed by atoms with E-state index in [4.69, 9.17) is 0 Å². The number of anilines is 1. The lowest BCUT2D eigenvalue weighted by atomic mass is 10.1. The Labute approximate surface area is 121 Å². The van der Waals surface area contributed by atoms with Crippen LogP contribution in [0, 0.1) is 0 Å². The maximum Gasteiger partial charge on any atom is 0.321 e. The molecule has 4 heteroatoms. The topological polar surface area (TPSA) is 44.4 Å². The normalized spacial score (nSPS) is 15.8. The third-order valence-corrected chi connectivity index (χ3v) is 3.65. The van der Waals surface area contributed by atoms with Crippen LogP contribution >= 0.6 is 0 Å². The van der Waals surface area contributed by atoms with E-state index >= 15 is 0 Å². The quantitative estimate of drug-likeness (QED) is 0.887. The van der Waals surface area contributed by atoms with E-state index in [0.717, 1.165) is 44.7 Å². The molecule has 0 unspecified atom stereocenters. The van der Waals surface area contributed by atoms with E-state index in [1.165, 1.54) is 18.4 Å². The molecule has 0 spiro atoms. The maximum atomic E-state index is 12.2. The van der Waals surface area contributed by atoms with Crippen LogP contribution in [0.15, 0.2) is 24.3 Å². The molecule has 2 amide bonds. The molecule has 1 fully saturated rings. The molecule has 1 aromatic rings. The van der Waals surface area contributed by atoms with Gasteiger partial charge in [-0.25, -0.2) is 4.79 Å². The van der Waals surface area contributed by atoms with E-state index in [9.17, 15) is 4.79 Å². The number of unbranched alkanes of at least 4 members (excludes halogenated alkanes) is 1. The summed E-state index contributed by atoms with van der Waals surface area (Å²) in [6.07, 6.45) is 4.56. The molecule has 0 radical (unpaired) electrons. The standard InChI is InChI=1S/C16H25N3O/c1-2-3-5-14-6-8-15(9-7-14)18-16(20)19-12-4-10-17-11-13-19/h6-9,17H,2-5,10-13H2,1H3,(H,18,20). The molecule has 0 aromatic heterocycles. The molecule has 0 atom stereocenters. The van der Waals surface area contributed by atoms with Gasteiger partial charge in [-0.2, -0.15) is 0 Å². The second kappa shape index (κ2) is 7.90. The fourth-order valence-electron chi connectivity index (χ4n) is 2.39. The van der Waals surface area contributed by atoms with Gasteiger partial charge in [0.15, 0.2) is 0 Å². The summed E-state index contributed by atoms with van der Waals surface area (Å²) in [5.41, 5.74) is 2.22. The van der Waals surface area contributed by atoms with Crippen molar-refractivity contribution in [3.8, 4) is 0 Å². The Morgan fingerprint density at radius 2 is 2.05 bits per heavy atom. The summed E-state index contributed by atoms with van der Waals surface area (Å²) in [7, 11) is 0. The van der Waals surface area contributed by atoms with E-state index in [0.29, 0.717) is 0 Å². The van der Waals surface area contributed by atoms with Gasteiger partial charge in [0.25, 0.3) is 0 Å². The van der Waals surface area contributed by atoms with Crippen LogP contribution in [0.2, 0.25) is 0 Å². The molecule has 2 rings (SSSR count). The van der Waals surface area contributed by atoms with Gasteiger partial charge in [0.05, 0.1) is 0 Å². The number of urea groups is 1. The van der Waals surface area contributed by atoms with Crippen molar-refractivity contribution in [3.05, 3.63) is 29.8 Å². The predicted octanol–water partition coefficient (Wildman–Crippen LogP) is 2.86. The molecule has 110 valence electrons. The number of rotatable bonds is 4. The SMILES string of the molecule is CCCCc1ccc(NC(=O)N2CCCNCC2)cc1. The number of hydrogen-bond acceptors (Lipinski definition) is 2. The number of carbonyl (C=O) groups excluding carboxylic acids is 1. The number of amides is 2. The first-order valence-electron chi connectivity index (χ1n) is 7.65. The molecule has 0 saturated carbocycles. The van der Waals surface area contributed by atoms with Gasteiger partial charge < -0.3 is 15.5 Å². The van der Waals surface area contributed by atoms with Crippen molar-refractivity contribution in [2.45, 2.75) is 32.6 Å². The van der Waals surface area contributed by atoms with Gasteiger partial charge in [-0.15, -0.1) is 0 Å². The van der Waals surface area contributed by atoms with Gasteiger partial charge in [-0.1, -0.05) is 25.5 Å². The molecule has 0 bridgehead atoms. The zero-order chi connectivity index (χ0) is 14.2. The predicted molar refractivity (Wildman–Crippen MR) is 83.1 cm³/mol. The Bertz CT molecular complexity index is 408. The minimum Gasteiger partial charge on any atom is -0.323 e. The summed E-state index contributed by atoms with van der Waals surface area (Å²) >= 11 is 0. The van der Waals surface area contributed by atoms with Crippen LogP contribution in [0.1, 0.15) is 31.7 Å². The number of nitrogens with one attached hydrogen (secondary N) is 2. The molecule has 1 saturated heterocycles. The lowest BCUT2D eigenvalue weighted by Gasteiger charge is -2.20. The van der Waals surface area contributed by atoms with Crippen LogP contribution in [0.25, 0.3) is 0 Å². The van der Waals surface area contributed by atoms with Crippen molar-refractivity contribution in [3.63, 3.8) is 0 Å². The first-order chi connectivity index (χ1) is 9.79. The van der Waals surface area contributed by atoms with Crippen LogP contribution in [0.4, 0.5) is 10.5 Å². The van der Waals surface area contributed by atoms with Crippen LogP contribution < -0.4 is 10.6 Å². The number of aryl methyl sites for hydroxylation is 1. The van der Waals surface area contributed by atoms with Crippen molar-refractivity contribution in [1.82, 2.24) is 10.2 Å². The monoisotopic (exact) mass is 275 g/mol. The third kappa shape index (κ3) is 4.53. The second-order valence-corrected chi connectivity index (χ2v) is 5.32. The Balaban J connectivity index is 1.86. The summed E-state index contributed by atoms with van der Waals surface area (Å²) in [6, 6.07) is 8.22. The van der Waals surface area contributed by atoms with Crippen molar-refractivity contribution >= 4 is 11.7 Å².